The molecule has 0 bridgehead atoms. The van der Waals surface area contributed by atoms with E-state index in [1.165, 1.54) is 16.1 Å². The van der Waals surface area contributed by atoms with Gasteiger partial charge >= 0.3 is 0 Å². The van der Waals surface area contributed by atoms with E-state index in [1.54, 1.807) is 6.07 Å². The molecule has 12 heteroatoms. The number of aromatic nitrogens is 3. The van der Waals surface area contributed by atoms with Crippen molar-refractivity contribution in [2.75, 3.05) is 32.6 Å². The second-order valence-corrected chi connectivity index (χ2v) is 11.8. The van der Waals surface area contributed by atoms with Gasteiger partial charge in [-0.05, 0) is 30.4 Å². The average Bonchev–Trinajstić information content (AvgIpc) is 3.24. The summed E-state index contributed by atoms with van der Waals surface area (Å²) in [5.74, 6) is 0.309. The highest BCUT2D eigenvalue weighted by atomic mass is 35.5. The van der Waals surface area contributed by atoms with E-state index in [9.17, 15) is 18.6 Å². The third-order valence-electron chi connectivity index (χ3n) is 6.87. The number of halogens is 1. The number of benzene rings is 1. The van der Waals surface area contributed by atoms with Gasteiger partial charge < -0.3 is 24.7 Å². The Morgan fingerprint density at radius 2 is 1.94 bits per heavy atom. The average molecular weight is 537 g/mol. The normalized spacial score (nSPS) is 24.3. The maximum atomic E-state index is 11.8. The Balaban J connectivity index is 1.29. The molecule has 2 aliphatic heterocycles. The van der Waals surface area contributed by atoms with Crippen LogP contribution in [0.15, 0.2) is 30.3 Å². The van der Waals surface area contributed by atoms with Crippen molar-refractivity contribution in [3.63, 3.8) is 0 Å². The Hall–Kier alpha value is -2.28. The maximum Gasteiger partial charge on any atom is 0.296 e. The van der Waals surface area contributed by atoms with E-state index < -0.39 is 28.3 Å². The number of imidazole rings is 1. The first kappa shape index (κ1) is 25.4. The Kier molecular flexibility index (Phi) is 7.21. The van der Waals surface area contributed by atoms with Crippen LogP contribution in [0, 0.1) is 0 Å². The number of hydrogen-bond acceptors (Lipinski definition) is 8. The molecule has 0 spiro atoms. The summed E-state index contributed by atoms with van der Waals surface area (Å²) in [6.07, 6.45) is 1.33. The molecular formula is C24H29ClN4O6S. The van der Waals surface area contributed by atoms with Crippen molar-refractivity contribution in [1.29, 1.82) is 0 Å². The molecule has 0 amide bonds. The molecule has 36 heavy (non-hydrogen) atoms. The lowest BCUT2D eigenvalue weighted by molar-refractivity contribution is -0.131. The lowest BCUT2D eigenvalue weighted by Gasteiger charge is -2.31. The van der Waals surface area contributed by atoms with E-state index >= 15 is 0 Å². The zero-order valence-corrected chi connectivity index (χ0v) is 21.4. The predicted octanol–water partition coefficient (Wildman–Crippen LogP) is 2.31. The number of H-pyrrole nitrogens is 1. The minimum absolute atomic E-state index is 0.235. The van der Waals surface area contributed by atoms with Crippen molar-refractivity contribution in [3.05, 3.63) is 40.9 Å². The van der Waals surface area contributed by atoms with Gasteiger partial charge in [0.05, 0.1) is 41.8 Å². The van der Waals surface area contributed by atoms with Crippen molar-refractivity contribution >= 4 is 32.8 Å². The zero-order chi connectivity index (χ0) is 25.4. The van der Waals surface area contributed by atoms with Crippen LogP contribution < -0.4 is 4.74 Å². The Bertz CT molecular complexity index is 1320. The van der Waals surface area contributed by atoms with E-state index in [0.717, 1.165) is 18.4 Å². The van der Waals surface area contributed by atoms with Crippen molar-refractivity contribution in [2.24, 2.45) is 0 Å². The topological polar surface area (TPSA) is 138 Å². The van der Waals surface area contributed by atoms with E-state index in [4.69, 9.17) is 21.1 Å². The van der Waals surface area contributed by atoms with Gasteiger partial charge in [0, 0.05) is 25.1 Å². The molecule has 3 aromatic rings. The van der Waals surface area contributed by atoms with E-state index in [-0.39, 0.29) is 19.2 Å². The van der Waals surface area contributed by atoms with Crippen molar-refractivity contribution < 1.29 is 28.1 Å². The first-order valence-corrected chi connectivity index (χ1v) is 14.1. The van der Waals surface area contributed by atoms with Gasteiger partial charge in [-0.2, -0.15) is 4.98 Å². The zero-order valence-electron chi connectivity index (χ0n) is 19.8. The molecule has 2 saturated heterocycles. The minimum Gasteiger partial charge on any atom is -0.459 e. The lowest BCUT2D eigenvalue weighted by atomic mass is 9.89. The molecule has 0 radical (unpaired) electrons. The standard InChI is InChI=1S/C24H29ClN4O6S/c1-36(32,33)29-8-6-15(7-9-29)14-2-4-16(5-3-14)22-18(25)11-19-23(27-22)28-24(26-19)35-17-10-20(31)21(12-30)34-13-17/h2-5,11,15,17,20-21,30-31H,6-10,12-13H2,1H3,(H,26,27,28)/t17-,20+,21?/m1/s1. The number of sulfonamides is 1. The second kappa shape index (κ2) is 10.2. The van der Waals surface area contributed by atoms with Gasteiger partial charge in [0.15, 0.2) is 5.65 Å². The molecule has 4 heterocycles. The van der Waals surface area contributed by atoms with Gasteiger partial charge in [0.2, 0.25) is 10.0 Å². The highest BCUT2D eigenvalue weighted by Gasteiger charge is 2.31. The largest absolute Gasteiger partial charge is 0.459 e. The quantitative estimate of drug-likeness (QED) is 0.436. The van der Waals surface area contributed by atoms with Gasteiger partial charge in [-0.25, -0.2) is 17.7 Å². The highest BCUT2D eigenvalue weighted by molar-refractivity contribution is 7.88. The summed E-state index contributed by atoms with van der Waals surface area (Å²) in [6.45, 7) is 1.06. The highest BCUT2D eigenvalue weighted by Crippen LogP contribution is 2.33. The third kappa shape index (κ3) is 5.36. The third-order valence-corrected chi connectivity index (χ3v) is 8.46. The second-order valence-electron chi connectivity index (χ2n) is 9.39. The summed E-state index contributed by atoms with van der Waals surface area (Å²) in [5.41, 5.74) is 3.69. The molecule has 194 valence electrons. The van der Waals surface area contributed by atoms with Gasteiger partial charge in [-0.1, -0.05) is 35.9 Å². The Labute approximate surface area is 214 Å². The fourth-order valence-corrected chi connectivity index (χ4v) is 5.97. The number of ether oxygens (including phenoxy) is 2. The maximum absolute atomic E-state index is 11.8. The van der Waals surface area contributed by atoms with Gasteiger partial charge in [-0.15, -0.1) is 0 Å². The van der Waals surface area contributed by atoms with Crippen LogP contribution in [0.2, 0.25) is 5.02 Å². The summed E-state index contributed by atoms with van der Waals surface area (Å²) in [4.78, 5) is 12.1. The summed E-state index contributed by atoms with van der Waals surface area (Å²) >= 11 is 6.55. The molecule has 0 saturated carbocycles. The van der Waals surface area contributed by atoms with Crippen LogP contribution >= 0.6 is 11.6 Å². The minimum atomic E-state index is -3.14. The van der Waals surface area contributed by atoms with Crippen LogP contribution in [0.4, 0.5) is 0 Å². The SMILES string of the molecule is CS(=O)(=O)N1CCC(c2ccc(-c3nc4nc(O[C@H]5COC(CO)[C@@H](O)C5)[nH]c4cc3Cl)cc2)CC1. The summed E-state index contributed by atoms with van der Waals surface area (Å²) in [5, 5.41) is 19.7. The summed E-state index contributed by atoms with van der Waals surface area (Å²) in [7, 11) is -3.14. The van der Waals surface area contributed by atoms with Crippen LogP contribution in [0.5, 0.6) is 6.01 Å². The molecule has 3 N–H and O–H groups in total. The number of nitrogens with zero attached hydrogens (tertiary/aromatic N) is 3. The van der Waals surface area contributed by atoms with E-state index in [2.05, 4.69) is 15.0 Å². The van der Waals surface area contributed by atoms with Gasteiger partial charge in [-0.3, -0.25) is 0 Å². The number of piperidine rings is 1. The number of rotatable bonds is 6. The Morgan fingerprint density at radius 3 is 2.58 bits per heavy atom. The number of aliphatic hydroxyl groups is 2. The number of hydrogen-bond donors (Lipinski definition) is 3. The number of aliphatic hydroxyl groups excluding tert-OH is 2. The van der Waals surface area contributed by atoms with Crippen LogP contribution in [-0.2, 0) is 14.8 Å². The number of pyridine rings is 1. The van der Waals surface area contributed by atoms with Crippen LogP contribution in [0.25, 0.3) is 22.4 Å². The molecule has 2 aliphatic rings. The molecule has 10 nitrogen and oxygen atoms in total. The van der Waals surface area contributed by atoms with Gasteiger partial charge in [0.25, 0.3) is 6.01 Å². The fourth-order valence-electron chi connectivity index (χ4n) is 4.83. The molecule has 3 atom stereocenters. The summed E-state index contributed by atoms with van der Waals surface area (Å²) in [6, 6.07) is 10.0. The summed E-state index contributed by atoms with van der Waals surface area (Å²) < 4.78 is 36.3. The molecule has 0 aliphatic carbocycles. The smallest absolute Gasteiger partial charge is 0.296 e. The number of fused-ring (bicyclic) bond motifs is 1. The molecule has 2 fully saturated rings. The Morgan fingerprint density at radius 1 is 1.22 bits per heavy atom. The van der Waals surface area contributed by atoms with Crippen molar-refractivity contribution in [1.82, 2.24) is 19.3 Å². The fraction of sp³-hybridized carbons (Fsp3) is 0.500. The monoisotopic (exact) mass is 536 g/mol. The van der Waals surface area contributed by atoms with E-state index in [0.29, 0.717) is 47.3 Å². The number of nitrogens with one attached hydrogen (secondary N) is 1. The molecule has 1 aromatic carbocycles. The van der Waals surface area contributed by atoms with Gasteiger partial charge in [0.1, 0.15) is 12.2 Å². The van der Waals surface area contributed by atoms with E-state index in [1.807, 2.05) is 24.3 Å². The predicted molar refractivity (Wildman–Crippen MR) is 135 cm³/mol. The molecule has 2 aromatic heterocycles. The lowest BCUT2D eigenvalue weighted by Crippen LogP contribution is -2.45. The van der Waals surface area contributed by atoms with Crippen molar-refractivity contribution in [3.8, 4) is 17.3 Å². The van der Waals surface area contributed by atoms with Crippen LogP contribution in [0.1, 0.15) is 30.7 Å². The first-order chi connectivity index (χ1) is 17.2. The molecule has 5 rings (SSSR count). The molecular weight excluding hydrogens is 508 g/mol. The first-order valence-electron chi connectivity index (χ1n) is 11.9. The number of aromatic amines is 1. The van der Waals surface area contributed by atoms with Crippen LogP contribution in [-0.4, -0.2) is 88.8 Å². The van der Waals surface area contributed by atoms with Crippen LogP contribution in [0.3, 0.4) is 0 Å². The van der Waals surface area contributed by atoms with Crippen molar-refractivity contribution in [2.45, 2.75) is 43.5 Å². The molecule has 1 unspecified atom stereocenters.